The van der Waals surface area contributed by atoms with Gasteiger partial charge >= 0.3 is 0 Å². The summed E-state index contributed by atoms with van der Waals surface area (Å²) in [4.78, 5) is 0. The third kappa shape index (κ3) is 2.16. The molecule has 0 saturated heterocycles. The van der Waals surface area contributed by atoms with Crippen molar-refractivity contribution in [3.05, 3.63) is 35.4 Å². The van der Waals surface area contributed by atoms with Gasteiger partial charge in [0, 0.05) is 11.6 Å². The van der Waals surface area contributed by atoms with Crippen molar-refractivity contribution in [2.75, 3.05) is 0 Å². The van der Waals surface area contributed by atoms with Gasteiger partial charge in [-0.25, -0.2) is 13.2 Å². The SMILES string of the molecule is Fc1cc(-c2nnc(CBr)n2C2CC2)cc(F)c1F. The molecule has 3 nitrogen and oxygen atoms in total. The number of nitrogens with zero attached hydrogens (tertiary/aromatic N) is 3. The van der Waals surface area contributed by atoms with Crippen molar-refractivity contribution < 1.29 is 13.2 Å². The van der Waals surface area contributed by atoms with Crippen LogP contribution in [0, 0.1) is 17.5 Å². The summed E-state index contributed by atoms with van der Waals surface area (Å²) in [5, 5.41) is 8.44. The first-order chi connectivity index (χ1) is 9.11. The Bertz CT molecular complexity index is 614. The van der Waals surface area contributed by atoms with Crippen LogP contribution in [0.15, 0.2) is 12.1 Å². The summed E-state index contributed by atoms with van der Waals surface area (Å²) < 4.78 is 41.4. The van der Waals surface area contributed by atoms with Crippen molar-refractivity contribution in [2.24, 2.45) is 0 Å². The molecular weight excluding hydrogens is 323 g/mol. The van der Waals surface area contributed by atoms with E-state index in [4.69, 9.17) is 0 Å². The van der Waals surface area contributed by atoms with E-state index in [9.17, 15) is 13.2 Å². The summed E-state index contributed by atoms with van der Waals surface area (Å²) in [5.74, 6) is -2.85. The zero-order valence-corrected chi connectivity index (χ0v) is 11.3. The van der Waals surface area contributed by atoms with E-state index in [0.717, 1.165) is 25.0 Å². The van der Waals surface area contributed by atoms with Crippen LogP contribution in [-0.4, -0.2) is 14.8 Å². The zero-order valence-electron chi connectivity index (χ0n) is 9.71. The molecule has 1 fully saturated rings. The Morgan fingerprint density at radius 1 is 1.16 bits per heavy atom. The van der Waals surface area contributed by atoms with E-state index in [0.29, 0.717) is 17.0 Å². The third-order valence-corrected chi connectivity index (χ3v) is 3.54. The van der Waals surface area contributed by atoms with Crippen molar-refractivity contribution in [2.45, 2.75) is 24.2 Å². The fourth-order valence-electron chi connectivity index (χ4n) is 2.01. The first-order valence-corrected chi connectivity index (χ1v) is 6.88. The molecule has 0 spiro atoms. The number of rotatable bonds is 3. The minimum absolute atomic E-state index is 0.197. The van der Waals surface area contributed by atoms with E-state index < -0.39 is 17.5 Å². The van der Waals surface area contributed by atoms with Gasteiger partial charge in [-0.05, 0) is 25.0 Å². The van der Waals surface area contributed by atoms with Gasteiger partial charge in [0.2, 0.25) is 0 Å². The molecular formula is C12H9BrF3N3. The second-order valence-electron chi connectivity index (χ2n) is 4.43. The molecule has 0 aliphatic heterocycles. The largest absolute Gasteiger partial charge is 0.307 e. The monoisotopic (exact) mass is 331 g/mol. The smallest absolute Gasteiger partial charge is 0.194 e. The van der Waals surface area contributed by atoms with Crippen molar-refractivity contribution in [1.29, 1.82) is 0 Å². The number of halogens is 4. The summed E-state index contributed by atoms with van der Waals surface area (Å²) in [7, 11) is 0. The molecule has 1 aromatic heterocycles. The quantitative estimate of drug-likeness (QED) is 0.635. The van der Waals surface area contributed by atoms with Crippen LogP contribution in [0.5, 0.6) is 0 Å². The molecule has 100 valence electrons. The van der Waals surface area contributed by atoms with Gasteiger partial charge in [0.05, 0.1) is 5.33 Å². The van der Waals surface area contributed by atoms with Crippen molar-refractivity contribution in [3.8, 4) is 11.4 Å². The molecule has 0 bridgehead atoms. The molecule has 0 radical (unpaired) electrons. The van der Waals surface area contributed by atoms with Gasteiger partial charge in [0.1, 0.15) is 5.82 Å². The lowest BCUT2D eigenvalue weighted by Gasteiger charge is -2.08. The fraction of sp³-hybridized carbons (Fsp3) is 0.333. The van der Waals surface area contributed by atoms with Crippen LogP contribution in [0.1, 0.15) is 24.7 Å². The standard InChI is InChI=1S/C12H9BrF3N3/c13-5-10-17-18-12(19(10)7-1-2-7)6-3-8(14)11(16)9(15)4-6/h3-4,7H,1-2,5H2. The van der Waals surface area contributed by atoms with Crippen LogP contribution in [-0.2, 0) is 5.33 Å². The molecule has 0 amide bonds. The Morgan fingerprint density at radius 2 is 1.79 bits per heavy atom. The van der Waals surface area contributed by atoms with Crippen molar-refractivity contribution in [1.82, 2.24) is 14.8 Å². The summed E-state index contributed by atoms with van der Waals surface area (Å²) in [6.45, 7) is 0. The molecule has 2 aromatic rings. The van der Waals surface area contributed by atoms with Crippen LogP contribution in [0.25, 0.3) is 11.4 Å². The Balaban J connectivity index is 2.14. The van der Waals surface area contributed by atoms with E-state index in [-0.39, 0.29) is 11.6 Å². The van der Waals surface area contributed by atoms with Crippen LogP contribution >= 0.6 is 15.9 Å². The molecule has 3 rings (SSSR count). The number of hydrogen-bond donors (Lipinski definition) is 0. The van der Waals surface area contributed by atoms with Gasteiger partial charge in [-0.1, -0.05) is 15.9 Å². The molecule has 1 aliphatic carbocycles. The number of alkyl halides is 1. The summed E-state index contributed by atoms with van der Waals surface area (Å²) in [6.07, 6.45) is 1.97. The molecule has 7 heteroatoms. The lowest BCUT2D eigenvalue weighted by molar-refractivity contribution is 0.447. The fourth-order valence-corrected chi connectivity index (χ4v) is 2.39. The van der Waals surface area contributed by atoms with Gasteiger partial charge in [-0.3, -0.25) is 0 Å². The second-order valence-corrected chi connectivity index (χ2v) is 4.99. The average Bonchev–Trinajstić information content (AvgIpc) is 3.14. The molecule has 1 heterocycles. The average molecular weight is 332 g/mol. The van der Waals surface area contributed by atoms with E-state index in [2.05, 4.69) is 26.1 Å². The van der Waals surface area contributed by atoms with E-state index >= 15 is 0 Å². The lowest BCUT2D eigenvalue weighted by atomic mass is 10.2. The Hall–Kier alpha value is -1.37. The highest BCUT2D eigenvalue weighted by Crippen LogP contribution is 2.39. The van der Waals surface area contributed by atoms with Crippen molar-refractivity contribution >= 4 is 15.9 Å². The molecule has 0 atom stereocenters. The molecule has 0 unspecified atom stereocenters. The molecule has 1 aromatic carbocycles. The van der Waals surface area contributed by atoms with Crippen LogP contribution in [0.4, 0.5) is 13.2 Å². The number of benzene rings is 1. The molecule has 1 aliphatic rings. The molecule has 19 heavy (non-hydrogen) atoms. The van der Waals surface area contributed by atoms with Gasteiger partial charge in [0.25, 0.3) is 0 Å². The topological polar surface area (TPSA) is 30.7 Å². The van der Waals surface area contributed by atoms with Gasteiger partial charge in [0.15, 0.2) is 23.3 Å². The summed E-state index contributed by atoms with van der Waals surface area (Å²) >= 11 is 3.30. The lowest BCUT2D eigenvalue weighted by Crippen LogP contribution is -2.03. The van der Waals surface area contributed by atoms with Crippen LogP contribution < -0.4 is 0 Å². The first kappa shape index (κ1) is 12.7. The van der Waals surface area contributed by atoms with Gasteiger partial charge in [-0.2, -0.15) is 0 Å². The minimum Gasteiger partial charge on any atom is -0.307 e. The second kappa shape index (κ2) is 4.63. The summed E-state index contributed by atoms with van der Waals surface area (Å²) in [6, 6.07) is 2.15. The maximum absolute atomic E-state index is 13.3. The van der Waals surface area contributed by atoms with E-state index in [1.807, 2.05) is 4.57 Å². The Morgan fingerprint density at radius 3 is 2.32 bits per heavy atom. The number of hydrogen-bond acceptors (Lipinski definition) is 2. The first-order valence-electron chi connectivity index (χ1n) is 5.76. The Kier molecular flexibility index (Phi) is 3.08. The third-order valence-electron chi connectivity index (χ3n) is 3.04. The number of aromatic nitrogens is 3. The maximum atomic E-state index is 13.3. The minimum atomic E-state index is -1.47. The normalized spacial score (nSPS) is 14.9. The van der Waals surface area contributed by atoms with Crippen LogP contribution in [0.2, 0.25) is 0 Å². The van der Waals surface area contributed by atoms with Crippen molar-refractivity contribution in [3.63, 3.8) is 0 Å². The molecule has 1 saturated carbocycles. The summed E-state index contributed by atoms with van der Waals surface area (Å²) in [5.41, 5.74) is 0.197. The zero-order chi connectivity index (χ0) is 13.6. The highest BCUT2D eigenvalue weighted by molar-refractivity contribution is 9.08. The Labute approximate surface area is 115 Å². The van der Waals surface area contributed by atoms with Gasteiger partial charge in [-0.15, -0.1) is 10.2 Å². The predicted molar refractivity (Wildman–Crippen MR) is 66.2 cm³/mol. The highest BCUT2D eigenvalue weighted by Gasteiger charge is 2.30. The van der Waals surface area contributed by atoms with Crippen LogP contribution in [0.3, 0.4) is 0 Å². The molecule has 0 N–H and O–H groups in total. The predicted octanol–water partition coefficient (Wildman–Crippen LogP) is 3.59. The highest BCUT2D eigenvalue weighted by atomic mass is 79.9. The van der Waals surface area contributed by atoms with E-state index in [1.54, 1.807) is 0 Å². The van der Waals surface area contributed by atoms with Gasteiger partial charge < -0.3 is 4.57 Å². The maximum Gasteiger partial charge on any atom is 0.194 e. The van der Waals surface area contributed by atoms with E-state index in [1.165, 1.54) is 0 Å².